The lowest BCUT2D eigenvalue weighted by molar-refractivity contribution is 0.00680. The zero-order valence-electron chi connectivity index (χ0n) is 12.8. The average Bonchev–Trinajstić information content (AvgIpc) is 2.23. The predicted octanol–water partition coefficient (Wildman–Crippen LogP) is 3.53. The summed E-state index contributed by atoms with van der Waals surface area (Å²) in [6, 6.07) is 7.57. The van der Waals surface area contributed by atoms with E-state index in [1.165, 1.54) is 0 Å². The van der Waals surface area contributed by atoms with Crippen molar-refractivity contribution < 1.29 is 9.53 Å². The van der Waals surface area contributed by atoms with Gasteiger partial charge in [-0.05, 0) is 53.2 Å². The first kappa shape index (κ1) is 15.7. The van der Waals surface area contributed by atoms with Crippen LogP contribution >= 0.6 is 0 Å². The molecule has 3 nitrogen and oxygen atoms in total. The van der Waals surface area contributed by atoms with Gasteiger partial charge >= 0.3 is 5.97 Å². The van der Waals surface area contributed by atoms with Gasteiger partial charge in [-0.3, -0.25) is 0 Å². The molecule has 0 heterocycles. The summed E-state index contributed by atoms with van der Waals surface area (Å²) in [6.45, 7) is 12.6. The summed E-state index contributed by atoms with van der Waals surface area (Å²) >= 11 is 0. The molecule has 0 spiro atoms. The van der Waals surface area contributed by atoms with Crippen molar-refractivity contribution in [2.45, 2.75) is 59.2 Å². The Labute approximate surface area is 116 Å². The monoisotopic (exact) mass is 263 g/mol. The third-order valence-electron chi connectivity index (χ3n) is 2.45. The second kappa shape index (κ2) is 5.74. The maximum Gasteiger partial charge on any atom is 0.338 e. The van der Waals surface area contributed by atoms with Crippen LogP contribution in [0.3, 0.4) is 0 Å². The second-order valence-corrected chi connectivity index (χ2v) is 6.76. The van der Waals surface area contributed by atoms with Crippen molar-refractivity contribution in [2.75, 3.05) is 0 Å². The summed E-state index contributed by atoms with van der Waals surface area (Å²) in [5.74, 6) is -0.265. The molecule has 0 unspecified atom stereocenters. The van der Waals surface area contributed by atoms with E-state index in [-0.39, 0.29) is 11.5 Å². The molecule has 0 aliphatic heterocycles. The van der Waals surface area contributed by atoms with Crippen LogP contribution in [0.1, 0.15) is 57.5 Å². The van der Waals surface area contributed by atoms with E-state index in [0.29, 0.717) is 12.1 Å². The summed E-state index contributed by atoms with van der Waals surface area (Å²) in [5.41, 5.74) is 1.14. The Morgan fingerprint density at radius 2 is 1.68 bits per heavy atom. The third kappa shape index (κ3) is 5.88. The van der Waals surface area contributed by atoms with Crippen LogP contribution in [0.5, 0.6) is 0 Å². The normalized spacial score (nSPS) is 12.3. The minimum atomic E-state index is -0.471. The Morgan fingerprint density at radius 1 is 1.11 bits per heavy atom. The van der Waals surface area contributed by atoms with Crippen molar-refractivity contribution in [1.82, 2.24) is 5.32 Å². The van der Waals surface area contributed by atoms with Gasteiger partial charge in [0.05, 0.1) is 5.56 Å². The molecule has 0 saturated heterocycles. The molecule has 1 aromatic carbocycles. The molecule has 0 saturated carbocycles. The van der Waals surface area contributed by atoms with Crippen LogP contribution in [0, 0.1) is 0 Å². The Morgan fingerprint density at radius 3 is 2.21 bits per heavy atom. The van der Waals surface area contributed by atoms with E-state index in [2.05, 4.69) is 26.1 Å². The third-order valence-corrected chi connectivity index (χ3v) is 2.45. The maximum absolute atomic E-state index is 12.2. The van der Waals surface area contributed by atoms with E-state index in [0.717, 1.165) is 5.56 Å². The molecular weight excluding hydrogens is 238 g/mol. The van der Waals surface area contributed by atoms with Gasteiger partial charge in [-0.2, -0.15) is 0 Å². The van der Waals surface area contributed by atoms with Crippen LogP contribution in [0.25, 0.3) is 0 Å². The Bertz CT molecular complexity index is 439. The summed E-state index contributed by atoms with van der Waals surface area (Å²) in [6.07, 6.45) is 0. The molecule has 1 aromatic rings. The molecule has 0 amide bonds. The Balaban J connectivity index is 2.87. The van der Waals surface area contributed by atoms with Crippen LogP contribution in [0.2, 0.25) is 0 Å². The molecule has 0 fully saturated rings. The molecule has 0 radical (unpaired) electrons. The van der Waals surface area contributed by atoms with Crippen molar-refractivity contribution in [3.05, 3.63) is 35.4 Å². The number of carbonyl (C=O) groups excluding carboxylic acids is 1. The SMILES string of the molecule is CC(C)(C)NCc1ccccc1C(=O)OC(C)(C)C. The van der Waals surface area contributed by atoms with E-state index in [9.17, 15) is 4.79 Å². The molecular formula is C16H25NO2. The zero-order valence-corrected chi connectivity index (χ0v) is 12.8. The highest BCUT2D eigenvalue weighted by Gasteiger charge is 2.20. The topological polar surface area (TPSA) is 38.3 Å². The number of rotatable bonds is 3. The number of benzene rings is 1. The van der Waals surface area contributed by atoms with E-state index in [1.807, 2.05) is 45.0 Å². The quantitative estimate of drug-likeness (QED) is 0.848. The molecule has 0 aromatic heterocycles. The Hall–Kier alpha value is -1.35. The van der Waals surface area contributed by atoms with Gasteiger partial charge in [-0.25, -0.2) is 4.79 Å². The smallest absolute Gasteiger partial charge is 0.338 e. The van der Waals surface area contributed by atoms with E-state index < -0.39 is 5.60 Å². The predicted molar refractivity (Wildman–Crippen MR) is 78.2 cm³/mol. The van der Waals surface area contributed by atoms with Gasteiger partial charge in [0.2, 0.25) is 0 Å². The van der Waals surface area contributed by atoms with Gasteiger partial charge in [0.15, 0.2) is 0 Å². The molecule has 1 rings (SSSR count). The van der Waals surface area contributed by atoms with Crippen molar-refractivity contribution in [2.24, 2.45) is 0 Å². The number of nitrogens with one attached hydrogen (secondary N) is 1. The van der Waals surface area contributed by atoms with Crippen molar-refractivity contribution in [3.8, 4) is 0 Å². The van der Waals surface area contributed by atoms with Gasteiger partial charge in [-0.1, -0.05) is 18.2 Å². The number of ether oxygens (including phenoxy) is 1. The second-order valence-electron chi connectivity index (χ2n) is 6.76. The maximum atomic E-state index is 12.2. The van der Waals surface area contributed by atoms with Crippen LogP contribution in [-0.2, 0) is 11.3 Å². The first-order valence-corrected chi connectivity index (χ1v) is 6.65. The fourth-order valence-corrected chi connectivity index (χ4v) is 1.57. The highest BCUT2D eigenvalue weighted by atomic mass is 16.6. The molecule has 19 heavy (non-hydrogen) atoms. The van der Waals surface area contributed by atoms with Gasteiger partial charge in [-0.15, -0.1) is 0 Å². The molecule has 0 bridgehead atoms. The largest absolute Gasteiger partial charge is 0.456 e. The van der Waals surface area contributed by atoms with Crippen LogP contribution < -0.4 is 5.32 Å². The Kier molecular flexibility index (Phi) is 4.75. The van der Waals surface area contributed by atoms with Crippen LogP contribution in [0.15, 0.2) is 24.3 Å². The highest BCUT2D eigenvalue weighted by Crippen LogP contribution is 2.16. The summed E-state index contributed by atoms with van der Waals surface area (Å²) in [4.78, 5) is 12.2. The first-order chi connectivity index (χ1) is 8.58. The molecule has 0 aliphatic rings. The molecule has 1 N–H and O–H groups in total. The average molecular weight is 263 g/mol. The number of hydrogen-bond donors (Lipinski definition) is 1. The van der Waals surface area contributed by atoms with Gasteiger partial charge in [0.25, 0.3) is 0 Å². The molecule has 3 heteroatoms. The highest BCUT2D eigenvalue weighted by molar-refractivity contribution is 5.91. The van der Waals surface area contributed by atoms with E-state index >= 15 is 0 Å². The van der Waals surface area contributed by atoms with Crippen molar-refractivity contribution in [1.29, 1.82) is 0 Å². The molecule has 106 valence electrons. The minimum Gasteiger partial charge on any atom is -0.456 e. The standard InChI is InChI=1S/C16H25NO2/c1-15(2,3)17-11-12-9-7-8-10-13(12)14(18)19-16(4,5)6/h7-10,17H,11H2,1-6H3. The molecule has 0 atom stereocenters. The van der Waals surface area contributed by atoms with E-state index in [4.69, 9.17) is 4.74 Å². The summed E-state index contributed by atoms with van der Waals surface area (Å²) < 4.78 is 5.43. The fraction of sp³-hybridized carbons (Fsp3) is 0.562. The van der Waals surface area contributed by atoms with Crippen molar-refractivity contribution in [3.63, 3.8) is 0 Å². The van der Waals surface area contributed by atoms with E-state index in [1.54, 1.807) is 0 Å². The number of carbonyl (C=O) groups is 1. The lowest BCUT2D eigenvalue weighted by Gasteiger charge is -2.23. The fourth-order valence-electron chi connectivity index (χ4n) is 1.57. The minimum absolute atomic E-state index is 0.0149. The van der Waals surface area contributed by atoms with Gasteiger partial charge in [0, 0.05) is 12.1 Å². The van der Waals surface area contributed by atoms with Crippen molar-refractivity contribution >= 4 is 5.97 Å². The van der Waals surface area contributed by atoms with Crippen LogP contribution in [-0.4, -0.2) is 17.1 Å². The first-order valence-electron chi connectivity index (χ1n) is 6.65. The zero-order chi connectivity index (χ0) is 14.7. The lowest BCUT2D eigenvalue weighted by Crippen LogP contribution is -2.35. The molecule has 0 aliphatic carbocycles. The van der Waals surface area contributed by atoms with Gasteiger partial charge in [0.1, 0.15) is 5.60 Å². The summed E-state index contributed by atoms with van der Waals surface area (Å²) in [5, 5.41) is 3.39. The number of hydrogen-bond acceptors (Lipinski definition) is 3. The van der Waals surface area contributed by atoms with Crippen LogP contribution in [0.4, 0.5) is 0 Å². The number of esters is 1. The summed E-state index contributed by atoms with van der Waals surface area (Å²) in [7, 11) is 0. The van der Waals surface area contributed by atoms with Gasteiger partial charge < -0.3 is 10.1 Å². The lowest BCUT2D eigenvalue weighted by atomic mass is 10.0.